The maximum absolute atomic E-state index is 11.9. The van der Waals surface area contributed by atoms with Gasteiger partial charge in [-0.25, -0.2) is 0 Å². The number of ketones is 1. The molecule has 6 nitrogen and oxygen atoms in total. The van der Waals surface area contributed by atoms with E-state index in [1.54, 1.807) is 6.20 Å². The van der Waals surface area contributed by atoms with Gasteiger partial charge in [-0.3, -0.25) is 14.3 Å². The molecule has 1 heterocycles. The lowest BCUT2D eigenvalue weighted by atomic mass is 9.86. The zero-order valence-corrected chi connectivity index (χ0v) is 11.3. The molecule has 0 aliphatic heterocycles. The quantitative estimate of drug-likeness (QED) is 0.655. The number of nitrogens with zero attached hydrogens (tertiary/aromatic N) is 2. The molecule has 0 radical (unpaired) electrons. The van der Waals surface area contributed by atoms with Gasteiger partial charge in [-0.15, -0.1) is 0 Å². The number of carbonyl (C=O) groups excluding carboxylic acids is 2. The second kappa shape index (κ2) is 5.40. The van der Waals surface area contributed by atoms with Crippen molar-refractivity contribution in [1.29, 1.82) is 0 Å². The van der Waals surface area contributed by atoms with E-state index in [1.165, 1.54) is 24.3 Å². The molecule has 21 heavy (non-hydrogen) atoms. The standard InChI is InChI=1S/C15H15N3O3/c19-13-4-2-10(3-5-13)14(20)15(21)17-11-8-12(9-11)18-7-1-6-16-18/h1-7,11-12,19H,8-9H2,(H,17,21). The van der Waals surface area contributed by atoms with E-state index in [0.717, 1.165) is 12.8 Å². The Morgan fingerprint density at radius 1 is 1.24 bits per heavy atom. The summed E-state index contributed by atoms with van der Waals surface area (Å²) in [6.07, 6.45) is 5.16. The van der Waals surface area contributed by atoms with E-state index in [4.69, 9.17) is 5.11 Å². The van der Waals surface area contributed by atoms with Crippen molar-refractivity contribution in [3.8, 4) is 5.75 Å². The summed E-state index contributed by atoms with van der Waals surface area (Å²) >= 11 is 0. The van der Waals surface area contributed by atoms with Crippen LogP contribution in [0.4, 0.5) is 0 Å². The number of benzene rings is 1. The molecule has 2 N–H and O–H groups in total. The molecule has 1 amide bonds. The number of amides is 1. The van der Waals surface area contributed by atoms with Gasteiger partial charge < -0.3 is 10.4 Å². The predicted octanol–water partition coefficient (Wildman–Crippen LogP) is 1.29. The SMILES string of the molecule is O=C(NC1CC(n2cccn2)C1)C(=O)c1ccc(O)cc1. The van der Waals surface area contributed by atoms with E-state index < -0.39 is 11.7 Å². The number of phenolic OH excluding ortho intramolecular Hbond substituents is 1. The molecule has 0 unspecified atom stereocenters. The maximum Gasteiger partial charge on any atom is 0.292 e. The number of Topliss-reactive ketones (excluding diaryl/α,β-unsaturated/α-hetero) is 1. The van der Waals surface area contributed by atoms with Gasteiger partial charge >= 0.3 is 0 Å². The first-order valence-corrected chi connectivity index (χ1v) is 6.77. The molecule has 1 saturated carbocycles. The molecule has 108 valence electrons. The second-order valence-electron chi connectivity index (χ2n) is 5.16. The first-order valence-electron chi connectivity index (χ1n) is 6.77. The Kier molecular flexibility index (Phi) is 3.43. The van der Waals surface area contributed by atoms with Crippen LogP contribution in [0.2, 0.25) is 0 Å². The minimum Gasteiger partial charge on any atom is -0.508 e. The Morgan fingerprint density at radius 2 is 1.95 bits per heavy atom. The van der Waals surface area contributed by atoms with E-state index >= 15 is 0 Å². The van der Waals surface area contributed by atoms with Crippen LogP contribution in [0.3, 0.4) is 0 Å². The van der Waals surface area contributed by atoms with Gasteiger partial charge in [0.15, 0.2) is 0 Å². The molecule has 1 aliphatic carbocycles. The lowest BCUT2D eigenvalue weighted by Gasteiger charge is -2.35. The van der Waals surface area contributed by atoms with Crippen LogP contribution in [-0.4, -0.2) is 32.6 Å². The highest BCUT2D eigenvalue weighted by atomic mass is 16.3. The number of rotatable bonds is 4. The summed E-state index contributed by atoms with van der Waals surface area (Å²) in [4.78, 5) is 23.8. The van der Waals surface area contributed by atoms with Gasteiger partial charge in [-0.2, -0.15) is 5.10 Å². The minimum absolute atomic E-state index is 0.00719. The summed E-state index contributed by atoms with van der Waals surface area (Å²) in [6, 6.07) is 7.80. The van der Waals surface area contributed by atoms with Crippen LogP contribution >= 0.6 is 0 Å². The summed E-state index contributed by atoms with van der Waals surface area (Å²) in [7, 11) is 0. The lowest BCUT2D eigenvalue weighted by Crippen LogP contribution is -2.47. The van der Waals surface area contributed by atoms with Crippen molar-refractivity contribution in [2.45, 2.75) is 24.9 Å². The monoisotopic (exact) mass is 285 g/mol. The van der Waals surface area contributed by atoms with E-state index in [2.05, 4.69) is 10.4 Å². The third-order valence-electron chi connectivity index (χ3n) is 3.68. The summed E-state index contributed by atoms with van der Waals surface area (Å²) in [6.45, 7) is 0. The molecule has 1 aliphatic rings. The number of hydrogen-bond acceptors (Lipinski definition) is 4. The second-order valence-corrected chi connectivity index (χ2v) is 5.16. The van der Waals surface area contributed by atoms with Crippen LogP contribution in [0.25, 0.3) is 0 Å². The van der Waals surface area contributed by atoms with E-state index in [1.807, 2.05) is 16.9 Å². The first kappa shape index (κ1) is 13.4. The zero-order valence-electron chi connectivity index (χ0n) is 11.3. The summed E-state index contributed by atoms with van der Waals surface area (Å²) in [5.74, 6) is -1.13. The number of aromatic nitrogens is 2. The lowest BCUT2D eigenvalue weighted by molar-refractivity contribution is -0.118. The third kappa shape index (κ3) is 2.79. The molecule has 3 rings (SSSR count). The number of hydrogen-bond donors (Lipinski definition) is 2. The highest BCUT2D eigenvalue weighted by Gasteiger charge is 2.33. The fraction of sp³-hybridized carbons (Fsp3) is 0.267. The third-order valence-corrected chi connectivity index (χ3v) is 3.68. The van der Waals surface area contributed by atoms with Crippen LogP contribution in [0.5, 0.6) is 5.75 Å². The Labute approximate surface area is 121 Å². The van der Waals surface area contributed by atoms with Crippen molar-refractivity contribution in [2.75, 3.05) is 0 Å². The van der Waals surface area contributed by atoms with Gasteiger partial charge in [-0.1, -0.05) is 0 Å². The van der Waals surface area contributed by atoms with Gasteiger partial charge in [0, 0.05) is 24.0 Å². The Hall–Kier alpha value is -2.63. The van der Waals surface area contributed by atoms with Crippen molar-refractivity contribution in [3.05, 3.63) is 48.3 Å². The summed E-state index contributed by atoms with van der Waals surface area (Å²) in [5.41, 5.74) is 0.272. The van der Waals surface area contributed by atoms with Gasteiger partial charge in [0.2, 0.25) is 5.78 Å². The van der Waals surface area contributed by atoms with Crippen molar-refractivity contribution in [1.82, 2.24) is 15.1 Å². The average molecular weight is 285 g/mol. The molecule has 2 aromatic rings. The molecule has 0 spiro atoms. The molecule has 0 bridgehead atoms. The van der Waals surface area contributed by atoms with Crippen molar-refractivity contribution in [2.24, 2.45) is 0 Å². The fourth-order valence-corrected chi connectivity index (χ4v) is 2.41. The van der Waals surface area contributed by atoms with Crippen molar-refractivity contribution >= 4 is 11.7 Å². The van der Waals surface area contributed by atoms with E-state index in [0.29, 0.717) is 0 Å². The molecule has 1 fully saturated rings. The van der Waals surface area contributed by atoms with Crippen LogP contribution in [-0.2, 0) is 4.79 Å². The summed E-state index contributed by atoms with van der Waals surface area (Å²) in [5, 5.41) is 16.1. The summed E-state index contributed by atoms with van der Waals surface area (Å²) < 4.78 is 1.87. The van der Waals surface area contributed by atoms with Crippen LogP contribution in [0.15, 0.2) is 42.7 Å². The number of nitrogens with one attached hydrogen (secondary N) is 1. The molecular formula is C15H15N3O3. The van der Waals surface area contributed by atoms with Gasteiger partial charge in [0.05, 0.1) is 6.04 Å². The highest BCUT2D eigenvalue weighted by molar-refractivity contribution is 6.42. The molecule has 0 saturated heterocycles. The Morgan fingerprint density at radius 3 is 2.57 bits per heavy atom. The van der Waals surface area contributed by atoms with Crippen molar-refractivity contribution in [3.63, 3.8) is 0 Å². The van der Waals surface area contributed by atoms with Crippen LogP contribution < -0.4 is 5.32 Å². The number of aromatic hydroxyl groups is 1. The molecule has 1 aromatic carbocycles. The first-order chi connectivity index (χ1) is 10.1. The fourth-order valence-electron chi connectivity index (χ4n) is 2.41. The highest BCUT2D eigenvalue weighted by Crippen LogP contribution is 2.31. The minimum atomic E-state index is -0.607. The van der Waals surface area contributed by atoms with Crippen LogP contribution in [0.1, 0.15) is 29.2 Å². The van der Waals surface area contributed by atoms with Crippen molar-refractivity contribution < 1.29 is 14.7 Å². The molecule has 6 heteroatoms. The smallest absolute Gasteiger partial charge is 0.292 e. The molecule has 1 aromatic heterocycles. The van der Waals surface area contributed by atoms with Crippen LogP contribution in [0, 0.1) is 0 Å². The predicted molar refractivity (Wildman–Crippen MR) is 74.9 cm³/mol. The van der Waals surface area contributed by atoms with Gasteiger partial charge in [0.1, 0.15) is 5.75 Å². The Balaban J connectivity index is 1.53. The van der Waals surface area contributed by atoms with E-state index in [9.17, 15) is 9.59 Å². The van der Waals surface area contributed by atoms with E-state index in [-0.39, 0.29) is 23.4 Å². The number of carbonyl (C=O) groups is 2. The topological polar surface area (TPSA) is 84.2 Å². The Bertz CT molecular complexity index is 643. The molecule has 0 atom stereocenters. The van der Waals surface area contributed by atoms with Gasteiger partial charge in [0.25, 0.3) is 5.91 Å². The molecular weight excluding hydrogens is 270 g/mol. The average Bonchev–Trinajstić information content (AvgIpc) is 2.95. The largest absolute Gasteiger partial charge is 0.508 e. The van der Waals surface area contributed by atoms with Gasteiger partial charge in [-0.05, 0) is 43.2 Å². The normalized spacial score (nSPS) is 20.6. The zero-order chi connectivity index (χ0) is 14.8. The number of phenols is 1. The maximum atomic E-state index is 11.9.